The first-order valence-corrected chi connectivity index (χ1v) is 7.56. The molecule has 2 nitrogen and oxygen atoms in total. The van der Waals surface area contributed by atoms with Crippen LogP contribution < -0.4 is 5.73 Å². The molecule has 1 fully saturated rings. The lowest BCUT2D eigenvalue weighted by Gasteiger charge is -2.45. The maximum Gasteiger partial charge on any atom is 0.0727 e. The zero-order valence-corrected chi connectivity index (χ0v) is 12.1. The van der Waals surface area contributed by atoms with Crippen molar-refractivity contribution < 1.29 is 5.11 Å². The molecule has 0 bridgehead atoms. The Labute approximate surface area is 117 Å². The van der Waals surface area contributed by atoms with Gasteiger partial charge in [0.1, 0.15) is 0 Å². The molecule has 0 heterocycles. The third-order valence-corrected chi connectivity index (χ3v) is 4.99. The van der Waals surface area contributed by atoms with Gasteiger partial charge in [0.15, 0.2) is 0 Å². The minimum absolute atomic E-state index is 0.112. The Kier molecular flexibility index (Phi) is 4.64. The summed E-state index contributed by atoms with van der Waals surface area (Å²) in [5.41, 5.74) is 6.46. The van der Waals surface area contributed by atoms with Gasteiger partial charge < -0.3 is 10.8 Å². The van der Waals surface area contributed by atoms with E-state index in [1.807, 2.05) is 25.1 Å². The fraction of sp³-hybridized carbons (Fsp3) is 0.647. The average molecular weight is 261 g/mol. The Bertz CT molecular complexity index is 378. The lowest BCUT2D eigenvalue weighted by molar-refractivity contribution is -0.0744. The van der Waals surface area contributed by atoms with Gasteiger partial charge in [-0.25, -0.2) is 0 Å². The minimum Gasteiger partial charge on any atom is -0.389 e. The molecule has 3 N–H and O–H groups in total. The number of benzene rings is 1. The highest BCUT2D eigenvalue weighted by atomic mass is 16.3. The molecular formula is C17H27NO. The first-order valence-electron chi connectivity index (χ1n) is 7.56. The molecule has 0 saturated heterocycles. The Morgan fingerprint density at radius 2 is 1.68 bits per heavy atom. The van der Waals surface area contributed by atoms with Crippen molar-refractivity contribution in [2.75, 3.05) is 6.54 Å². The molecule has 1 aliphatic carbocycles. The molecule has 2 rings (SSSR count). The quantitative estimate of drug-likeness (QED) is 0.817. The largest absolute Gasteiger partial charge is 0.389 e. The van der Waals surface area contributed by atoms with E-state index in [4.69, 9.17) is 5.73 Å². The molecule has 1 unspecified atom stereocenters. The highest BCUT2D eigenvalue weighted by molar-refractivity contribution is 5.18. The lowest BCUT2D eigenvalue weighted by Crippen LogP contribution is -2.52. The van der Waals surface area contributed by atoms with Crippen molar-refractivity contribution in [3.8, 4) is 0 Å². The van der Waals surface area contributed by atoms with Crippen molar-refractivity contribution in [1.82, 2.24) is 0 Å². The number of hydrogen-bond donors (Lipinski definition) is 2. The van der Waals surface area contributed by atoms with Crippen LogP contribution in [0.2, 0.25) is 0 Å². The molecule has 0 spiro atoms. The Morgan fingerprint density at radius 3 is 2.21 bits per heavy atom. The second-order valence-electron chi connectivity index (χ2n) is 6.33. The first-order chi connectivity index (χ1) is 9.10. The van der Waals surface area contributed by atoms with E-state index < -0.39 is 5.60 Å². The minimum atomic E-state index is -0.715. The van der Waals surface area contributed by atoms with Gasteiger partial charge in [-0.1, -0.05) is 56.0 Å². The Balaban J connectivity index is 2.19. The van der Waals surface area contributed by atoms with Crippen molar-refractivity contribution >= 4 is 0 Å². The van der Waals surface area contributed by atoms with E-state index in [9.17, 15) is 5.11 Å². The lowest BCUT2D eigenvalue weighted by atomic mass is 9.65. The van der Waals surface area contributed by atoms with Gasteiger partial charge in [-0.2, -0.15) is 0 Å². The van der Waals surface area contributed by atoms with Gasteiger partial charge in [0, 0.05) is 18.4 Å². The number of hydrogen-bond acceptors (Lipinski definition) is 2. The SMILES string of the molecule is CC(O)(Cc1ccccc1)C1(CN)CCCCCC1. The molecule has 2 heteroatoms. The van der Waals surface area contributed by atoms with Crippen LogP contribution in [0.5, 0.6) is 0 Å². The molecule has 106 valence electrons. The van der Waals surface area contributed by atoms with E-state index in [2.05, 4.69) is 12.1 Å². The number of rotatable bonds is 4. The van der Waals surface area contributed by atoms with Gasteiger partial charge in [0.2, 0.25) is 0 Å². The summed E-state index contributed by atoms with van der Waals surface area (Å²) in [7, 11) is 0. The standard InChI is InChI=1S/C17H27NO/c1-16(19,13-15-9-5-4-6-10-15)17(14-18)11-7-2-3-8-12-17/h4-6,9-10,19H,2-3,7-8,11-14,18H2,1H3. The molecule has 0 amide bonds. The number of aliphatic hydroxyl groups is 1. The predicted molar refractivity (Wildman–Crippen MR) is 80.0 cm³/mol. The van der Waals surface area contributed by atoms with Crippen molar-refractivity contribution in [1.29, 1.82) is 0 Å². The molecule has 0 radical (unpaired) electrons. The summed E-state index contributed by atoms with van der Waals surface area (Å²) in [5.74, 6) is 0. The molecule has 1 aromatic carbocycles. The highest BCUT2D eigenvalue weighted by Gasteiger charge is 2.45. The van der Waals surface area contributed by atoms with E-state index in [1.165, 1.54) is 31.2 Å². The normalized spacial score (nSPS) is 22.5. The molecule has 1 aliphatic rings. The van der Waals surface area contributed by atoms with Crippen molar-refractivity contribution in [3.63, 3.8) is 0 Å². The summed E-state index contributed by atoms with van der Waals surface area (Å²) in [6, 6.07) is 10.3. The summed E-state index contributed by atoms with van der Waals surface area (Å²) >= 11 is 0. The van der Waals surface area contributed by atoms with Gasteiger partial charge in [-0.3, -0.25) is 0 Å². The van der Waals surface area contributed by atoms with Gasteiger partial charge >= 0.3 is 0 Å². The van der Waals surface area contributed by atoms with Crippen molar-refractivity contribution in [2.24, 2.45) is 11.1 Å². The van der Waals surface area contributed by atoms with Crippen LogP contribution in [0.4, 0.5) is 0 Å². The van der Waals surface area contributed by atoms with E-state index in [1.54, 1.807) is 0 Å². The fourth-order valence-corrected chi connectivity index (χ4v) is 3.55. The summed E-state index contributed by atoms with van der Waals surface area (Å²) in [4.78, 5) is 0. The smallest absolute Gasteiger partial charge is 0.0727 e. The fourth-order valence-electron chi connectivity index (χ4n) is 3.55. The van der Waals surface area contributed by atoms with Crippen LogP contribution in [0.25, 0.3) is 0 Å². The summed E-state index contributed by atoms with van der Waals surface area (Å²) < 4.78 is 0. The highest BCUT2D eigenvalue weighted by Crippen LogP contribution is 2.44. The second-order valence-corrected chi connectivity index (χ2v) is 6.33. The van der Waals surface area contributed by atoms with Crippen molar-refractivity contribution in [2.45, 2.75) is 57.5 Å². The van der Waals surface area contributed by atoms with Crippen LogP contribution in [-0.2, 0) is 6.42 Å². The summed E-state index contributed by atoms with van der Waals surface area (Å²) in [5, 5.41) is 11.1. The third kappa shape index (κ3) is 3.18. The van der Waals surface area contributed by atoms with Crippen LogP contribution in [-0.4, -0.2) is 17.3 Å². The molecule has 0 aromatic heterocycles. The van der Waals surface area contributed by atoms with Crippen LogP contribution >= 0.6 is 0 Å². The molecule has 1 saturated carbocycles. The molecule has 19 heavy (non-hydrogen) atoms. The van der Waals surface area contributed by atoms with Crippen molar-refractivity contribution in [3.05, 3.63) is 35.9 Å². The van der Waals surface area contributed by atoms with Gasteiger partial charge in [0.25, 0.3) is 0 Å². The van der Waals surface area contributed by atoms with Crippen LogP contribution in [0.15, 0.2) is 30.3 Å². The van der Waals surface area contributed by atoms with Gasteiger partial charge in [0.05, 0.1) is 5.60 Å². The Hall–Kier alpha value is -0.860. The summed E-state index contributed by atoms with van der Waals surface area (Å²) in [6.07, 6.45) is 7.77. The maximum atomic E-state index is 11.1. The monoisotopic (exact) mass is 261 g/mol. The van der Waals surface area contributed by atoms with Crippen LogP contribution in [0, 0.1) is 5.41 Å². The van der Waals surface area contributed by atoms with Gasteiger partial charge in [-0.15, -0.1) is 0 Å². The van der Waals surface area contributed by atoms with E-state index in [-0.39, 0.29) is 5.41 Å². The second kappa shape index (κ2) is 6.06. The molecular weight excluding hydrogens is 234 g/mol. The first kappa shape index (κ1) is 14.5. The topological polar surface area (TPSA) is 46.2 Å². The molecule has 1 aromatic rings. The Morgan fingerprint density at radius 1 is 1.11 bits per heavy atom. The number of nitrogens with two attached hydrogens (primary N) is 1. The summed E-state index contributed by atoms with van der Waals surface area (Å²) in [6.45, 7) is 2.57. The van der Waals surface area contributed by atoms with E-state index >= 15 is 0 Å². The van der Waals surface area contributed by atoms with Crippen LogP contribution in [0.3, 0.4) is 0 Å². The third-order valence-electron chi connectivity index (χ3n) is 4.99. The van der Waals surface area contributed by atoms with E-state index in [0.717, 1.165) is 12.8 Å². The zero-order valence-electron chi connectivity index (χ0n) is 12.1. The molecule has 1 atom stereocenters. The van der Waals surface area contributed by atoms with Gasteiger partial charge in [-0.05, 0) is 25.3 Å². The predicted octanol–water partition coefficient (Wildman–Crippen LogP) is 3.28. The average Bonchev–Trinajstić information content (AvgIpc) is 2.66. The maximum absolute atomic E-state index is 11.1. The van der Waals surface area contributed by atoms with Crippen LogP contribution in [0.1, 0.15) is 51.0 Å². The molecule has 0 aliphatic heterocycles. The van der Waals surface area contributed by atoms with E-state index in [0.29, 0.717) is 13.0 Å². The zero-order chi connectivity index (χ0) is 13.8.